The Hall–Kier alpha value is -1.16. The van der Waals surface area contributed by atoms with Crippen LogP contribution in [0.4, 0.5) is 0 Å². The Morgan fingerprint density at radius 1 is 1.12 bits per heavy atom. The summed E-state index contributed by atoms with van der Waals surface area (Å²) in [5, 5.41) is 0.183. The number of thioether (sulfide) groups is 1. The predicted molar refractivity (Wildman–Crippen MR) is 105 cm³/mol. The van der Waals surface area contributed by atoms with Gasteiger partial charge in [-0.05, 0) is 79.4 Å². The van der Waals surface area contributed by atoms with E-state index in [0.717, 1.165) is 42.2 Å². The molecular weight excluding hydrogens is 342 g/mol. The third-order valence-corrected chi connectivity index (χ3v) is 8.56. The molecular formula is C22H29NO2S. The standard InChI is InChI=1S/C22H29NO2S/c1-25-19-4-2-18(3-5-19)21-23(6-7-26-21)20(24)14-22-11-15-8-16(12-22)10-17(9-15)13-22/h2-5,15-17,21H,6-14H2,1H3. The predicted octanol–water partition coefficient (Wildman–Crippen LogP) is 4.88. The van der Waals surface area contributed by atoms with E-state index >= 15 is 0 Å². The minimum atomic E-state index is 0.183. The van der Waals surface area contributed by atoms with Crippen molar-refractivity contribution in [1.82, 2.24) is 4.90 Å². The van der Waals surface area contributed by atoms with Crippen molar-refractivity contribution >= 4 is 17.7 Å². The van der Waals surface area contributed by atoms with Crippen molar-refractivity contribution in [1.29, 1.82) is 0 Å². The largest absolute Gasteiger partial charge is 0.497 e. The van der Waals surface area contributed by atoms with Gasteiger partial charge in [-0.3, -0.25) is 4.79 Å². The van der Waals surface area contributed by atoms with Crippen LogP contribution in [0.1, 0.15) is 55.9 Å². The monoisotopic (exact) mass is 371 g/mol. The third-order valence-electron chi connectivity index (χ3n) is 7.30. The smallest absolute Gasteiger partial charge is 0.224 e. The molecule has 0 spiro atoms. The van der Waals surface area contributed by atoms with E-state index in [0.29, 0.717) is 11.3 Å². The Morgan fingerprint density at radius 2 is 1.73 bits per heavy atom. The first-order valence-corrected chi connectivity index (χ1v) is 11.2. The van der Waals surface area contributed by atoms with Crippen LogP contribution in [-0.2, 0) is 4.79 Å². The second kappa shape index (κ2) is 6.47. The first kappa shape index (κ1) is 17.0. The topological polar surface area (TPSA) is 29.5 Å². The lowest BCUT2D eigenvalue weighted by molar-refractivity contribution is -0.139. The summed E-state index contributed by atoms with van der Waals surface area (Å²) in [6.07, 6.45) is 9.09. The lowest BCUT2D eigenvalue weighted by Gasteiger charge is -2.57. The summed E-state index contributed by atoms with van der Waals surface area (Å²) in [6, 6.07) is 8.26. The molecule has 0 aromatic heterocycles. The highest BCUT2D eigenvalue weighted by Crippen LogP contribution is 2.61. The highest BCUT2D eigenvalue weighted by Gasteiger charge is 2.52. The molecule has 4 aliphatic carbocycles. The summed E-state index contributed by atoms with van der Waals surface area (Å²) in [4.78, 5) is 15.5. The van der Waals surface area contributed by atoms with E-state index in [1.165, 1.54) is 44.1 Å². The van der Waals surface area contributed by atoms with Gasteiger partial charge < -0.3 is 9.64 Å². The van der Waals surface area contributed by atoms with Crippen LogP contribution in [-0.4, -0.2) is 30.2 Å². The van der Waals surface area contributed by atoms with Crippen LogP contribution in [0.25, 0.3) is 0 Å². The van der Waals surface area contributed by atoms with Crippen LogP contribution in [0.15, 0.2) is 24.3 Å². The molecule has 3 nitrogen and oxygen atoms in total. The highest BCUT2D eigenvalue weighted by atomic mass is 32.2. The normalized spacial score (nSPS) is 38.0. The number of amides is 1. The Kier molecular flexibility index (Phi) is 4.22. The number of hydrogen-bond donors (Lipinski definition) is 0. The number of ether oxygens (including phenoxy) is 1. The van der Waals surface area contributed by atoms with Crippen molar-refractivity contribution < 1.29 is 9.53 Å². The van der Waals surface area contributed by atoms with Gasteiger partial charge in [0, 0.05) is 18.7 Å². The van der Waals surface area contributed by atoms with Crippen molar-refractivity contribution in [2.75, 3.05) is 19.4 Å². The van der Waals surface area contributed by atoms with Gasteiger partial charge in [-0.1, -0.05) is 12.1 Å². The third kappa shape index (κ3) is 2.94. The van der Waals surface area contributed by atoms with E-state index in [2.05, 4.69) is 17.0 Å². The van der Waals surface area contributed by atoms with E-state index < -0.39 is 0 Å². The molecule has 1 amide bonds. The molecule has 5 aliphatic rings. The molecule has 4 bridgehead atoms. The number of carbonyl (C=O) groups excluding carboxylic acids is 1. The van der Waals surface area contributed by atoms with Gasteiger partial charge in [0.1, 0.15) is 11.1 Å². The van der Waals surface area contributed by atoms with Gasteiger partial charge in [-0.2, -0.15) is 0 Å². The molecule has 6 rings (SSSR count). The molecule has 140 valence electrons. The molecule has 1 saturated heterocycles. The summed E-state index contributed by atoms with van der Waals surface area (Å²) < 4.78 is 5.28. The van der Waals surface area contributed by atoms with E-state index in [1.54, 1.807) is 7.11 Å². The number of rotatable bonds is 4. The fraction of sp³-hybridized carbons (Fsp3) is 0.682. The van der Waals surface area contributed by atoms with Crippen molar-refractivity contribution in [3.63, 3.8) is 0 Å². The molecule has 0 N–H and O–H groups in total. The van der Waals surface area contributed by atoms with Crippen LogP contribution in [0.5, 0.6) is 5.75 Å². The zero-order valence-electron chi connectivity index (χ0n) is 15.7. The minimum Gasteiger partial charge on any atom is -0.497 e. The summed E-state index contributed by atoms with van der Waals surface area (Å²) >= 11 is 1.90. The van der Waals surface area contributed by atoms with Crippen molar-refractivity contribution in [2.45, 2.75) is 50.3 Å². The van der Waals surface area contributed by atoms with Crippen LogP contribution in [0.3, 0.4) is 0 Å². The Bertz CT molecular complexity index is 651. The number of carbonyl (C=O) groups is 1. The zero-order chi connectivity index (χ0) is 17.7. The van der Waals surface area contributed by atoms with Gasteiger partial charge in [0.25, 0.3) is 0 Å². The molecule has 1 atom stereocenters. The quantitative estimate of drug-likeness (QED) is 0.756. The van der Waals surface area contributed by atoms with Crippen LogP contribution in [0, 0.1) is 23.2 Å². The lowest BCUT2D eigenvalue weighted by Crippen LogP contribution is -2.48. The molecule has 1 aromatic rings. The molecule has 26 heavy (non-hydrogen) atoms. The summed E-state index contributed by atoms with van der Waals surface area (Å²) in [5.74, 6) is 5.07. The van der Waals surface area contributed by atoms with E-state index in [4.69, 9.17) is 4.74 Å². The van der Waals surface area contributed by atoms with Crippen LogP contribution in [0.2, 0.25) is 0 Å². The van der Waals surface area contributed by atoms with Gasteiger partial charge >= 0.3 is 0 Å². The molecule has 4 heteroatoms. The van der Waals surface area contributed by atoms with Crippen molar-refractivity contribution in [3.8, 4) is 5.75 Å². The average molecular weight is 372 g/mol. The van der Waals surface area contributed by atoms with Crippen LogP contribution < -0.4 is 4.74 Å². The lowest BCUT2D eigenvalue weighted by atomic mass is 9.49. The van der Waals surface area contributed by atoms with Gasteiger partial charge in [0.2, 0.25) is 5.91 Å². The average Bonchev–Trinajstić information content (AvgIpc) is 3.10. The second-order valence-corrected chi connectivity index (χ2v) is 10.4. The van der Waals surface area contributed by atoms with E-state index in [1.807, 2.05) is 23.9 Å². The minimum absolute atomic E-state index is 0.183. The van der Waals surface area contributed by atoms with Crippen molar-refractivity contribution in [2.24, 2.45) is 23.2 Å². The fourth-order valence-electron chi connectivity index (χ4n) is 6.70. The molecule has 1 heterocycles. The van der Waals surface area contributed by atoms with Crippen molar-refractivity contribution in [3.05, 3.63) is 29.8 Å². The SMILES string of the molecule is COc1ccc(C2SCCN2C(=O)CC23CC4CC(CC(C4)C2)C3)cc1. The second-order valence-electron chi connectivity index (χ2n) is 9.18. The maximum absolute atomic E-state index is 13.3. The molecule has 1 aromatic carbocycles. The summed E-state index contributed by atoms with van der Waals surface area (Å²) in [5.41, 5.74) is 1.57. The molecule has 1 aliphatic heterocycles. The molecule has 5 fully saturated rings. The maximum atomic E-state index is 13.3. The molecule has 4 saturated carbocycles. The van der Waals surface area contributed by atoms with Crippen LogP contribution >= 0.6 is 11.8 Å². The first-order valence-electron chi connectivity index (χ1n) is 10.2. The fourth-order valence-corrected chi connectivity index (χ4v) is 7.98. The van der Waals surface area contributed by atoms with Gasteiger partial charge in [-0.15, -0.1) is 11.8 Å². The number of methoxy groups -OCH3 is 1. The first-order chi connectivity index (χ1) is 12.6. The zero-order valence-corrected chi connectivity index (χ0v) is 16.5. The highest BCUT2D eigenvalue weighted by molar-refractivity contribution is 7.99. The summed E-state index contributed by atoms with van der Waals surface area (Å²) in [6.45, 7) is 0.895. The van der Waals surface area contributed by atoms with Gasteiger partial charge in [-0.25, -0.2) is 0 Å². The maximum Gasteiger partial charge on any atom is 0.224 e. The number of benzene rings is 1. The molecule has 0 radical (unpaired) electrons. The van der Waals surface area contributed by atoms with Gasteiger partial charge in [0.05, 0.1) is 7.11 Å². The number of hydrogen-bond acceptors (Lipinski definition) is 3. The summed E-state index contributed by atoms with van der Waals surface area (Å²) in [7, 11) is 1.70. The molecule has 1 unspecified atom stereocenters. The van der Waals surface area contributed by atoms with Gasteiger partial charge in [0.15, 0.2) is 0 Å². The Morgan fingerprint density at radius 3 is 2.31 bits per heavy atom. The Labute approximate surface area is 160 Å². The number of nitrogens with zero attached hydrogens (tertiary/aromatic N) is 1. The van der Waals surface area contributed by atoms with E-state index in [-0.39, 0.29) is 5.37 Å². The van der Waals surface area contributed by atoms with E-state index in [9.17, 15) is 4.79 Å². The Balaban J connectivity index is 1.31.